The van der Waals surface area contributed by atoms with Gasteiger partial charge in [-0.05, 0) is 43.0 Å². The lowest BCUT2D eigenvalue weighted by Crippen LogP contribution is -2.42. The van der Waals surface area contributed by atoms with E-state index in [9.17, 15) is 14.7 Å². The van der Waals surface area contributed by atoms with E-state index < -0.39 is 12.0 Å². The molecule has 0 saturated heterocycles. The molecule has 0 radical (unpaired) electrons. The maximum Gasteiger partial charge on any atom is 0.328 e. The number of amides is 1. The van der Waals surface area contributed by atoms with E-state index in [-0.39, 0.29) is 17.6 Å². The number of benzene rings is 1. The second-order valence-electron chi connectivity index (χ2n) is 5.18. The number of rotatable bonds is 5. The van der Waals surface area contributed by atoms with Crippen LogP contribution in [0.15, 0.2) is 18.2 Å². The normalized spacial score (nSPS) is 12.1. The van der Waals surface area contributed by atoms with Crippen LogP contribution in [-0.4, -0.2) is 30.1 Å². The van der Waals surface area contributed by atoms with E-state index in [2.05, 4.69) is 5.32 Å². The Morgan fingerprint density at radius 2 is 2.00 bits per heavy atom. The van der Waals surface area contributed by atoms with Crippen LogP contribution >= 0.6 is 0 Å². The Morgan fingerprint density at radius 1 is 1.35 bits per heavy atom. The van der Waals surface area contributed by atoms with Crippen molar-refractivity contribution in [2.75, 3.05) is 7.11 Å². The Kier molecular flexibility index (Phi) is 5.55. The van der Waals surface area contributed by atoms with Crippen molar-refractivity contribution in [2.45, 2.75) is 33.2 Å². The molecule has 5 heteroatoms. The minimum atomic E-state index is -0.665. The largest absolute Gasteiger partial charge is 0.508 e. The fourth-order valence-corrected chi connectivity index (χ4v) is 1.87. The van der Waals surface area contributed by atoms with Gasteiger partial charge in [0.25, 0.3) is 5.91 Å². The fraction of sp³-hybridized carbons (Fsp3) is 0.467. The van der Waals surface area contributed by atoms with Gasteiger partial charge in [-0.2, -0.15) is 0 Å². The third kappa shape index (κ3) is 4.26. The summed E-state index contributed by atoms with van der Waals surface area (Å²) in [6.07, 6.45) is 0.509. The highest BCUT2D eigenvalue weighted by atomic mass is 16.5. The van der Waals surface area contributed by atoms with Gasteiger partial charge in [0.05, 0.1) is 7.11 Å². The highest BCUT2D eigenvalue weighted by Crippen LogP contribution is 2.17. The molecule has 0 aliphatic heterocycles. The SMILES string of the molecule is COC(=O)C(CC(C)C)NC(=O)c1ccc(O)c(C)c1. The number of phenolic OH excluding ortho intramolecular Hbond substituents is 1. The Morgan fingerprint density at radius 3 is 2.50 bits per heavy atom. The van der Waals surface area contributed by atoms with Crippen LogP contribution in [0.4, 0.5) is 0 Å². The maximum absolute atomic E-state index is 12.1. The summed E-state index contributed by atoms with van der Waals surface area (Å²) in [5.41, 5.74) is 1.01. The molecular weight excluding hydrogens is 258 g/mol. The van der Waals surface area contributed by atoms with Gasteiger partial charge in [0, 0.05) is 5.56 Å². The van der Waals surface area contributed by atoms with Crippen molar-refractivity contribution in [1.29, 1.82) is 0 Å². The summed E-state index contributed by atoms with van der Waals surface area (Å²) < 4.78 is 4.70. The van der Waals surface area contributed by atoms with Crippen molar-refractivity contribution in [2.24, 2.45) is 5.92 Å². The number of phenols is 1. The third-order valence-electron chi connectivity index (χ3n) is 2.96. The minimum absolute atomic E-state index is 0.133. The second kappa shape index (κ2) is 6.93. The monoisotopic (exact) mass is 279 g/mol. The lowest BCUT2D eigenvalue weighted by molar-refractivity contribution is -0.143. The van der Waals surface area contributed by atoms with Crippen LogP contribution in [0.2, 0.25) is 0 Å². The minimum Gasteiger partial charge on any atom is -0.508 e. The van der Waals surface area contributed by atoms with Crippen molar-refractivity contribution in [1.82, 2.24) is 5.32 Å². The van der Waals surface area contributed by atoms with Crippen molar-refractivity contribution < 1.29 is 19.4 Å². The summed E-state index contributed by atoms with van der Waals surface area (Å²) >= 11 is 0. The summed E-state index contributed by atoms with van der Waals surface area (Å²) in [6, 6.07) is 3.89. The first kappa shape index (κ1) is 16.0. The predicted molar refractivity (Wildman–Crippen MR) is 75.6 cm³/mol. The Bertz CT molecular complexity index is 497. The van der Waals surface area contributed by atoms with Gasteiger partial charge in [-0.25, -0.2) is 4.79 Å². The number of aryl methyl sites for hydroxylation is 1. The molecule has 20 heavy (non-hydrogen) atoms. The van der Waals surface area contributed by atoms with E-state index in [1.54, 1.807) is 13.0 Å². The molecule has 1 aromatic rings. The maximum atomic E-state index is 12.1. The molecule has 1 atom stereocenters. The van der Waals surface area contributed by atoms with E-state index in [0.717, 1.165) is 0 Å². The van der Waals surface area contributed by atoms with Gasteiger partial charge >= 0.3 is 5.97 Å². The number of carbonyl (C=O) groups excluding carboxylic acids is 2. The lowest BCUT2D eigenvalue weighted by Gasteiger charge is -2.18. The molecule has 1 amide bonds. The molecule has 0 bridgehead atoms. The zero-order chi connectivity index (χ0) is 15.3. The number of esters is 1. The van der Waals surface area contributed by atoms with Gasteiger partial charge in [0.1, 0.15) is 11.8 Å². The zero-order valence-corrected chi connectivity index (χ0v) is 12.3. The summed E-state index contributed by atoms with van der Waals surface area (Å²) in [5, 5.41) is 12.1. The molecule has 2 N–H and O–H groups in total. The first-order valence-electron chi connectivity index (χ1n) is 6.53. The van der Waals surface area contributed by atoms with Gasteiger partial charge in [-0.15, -0.1) is 0 Å². The van der Waals surface area contributed by atoms with E-state index >= 15 is 0 Å². The van der Waals surface area contributed by atoms with Crippen LogP contribution in [0.5, 0.6) is 5.75 Å². The summed E-state index contributed by atoms with van der Waals surface area (Å²) in [5.74, 6) is -0.430. The number of carbonyl (C=O) groups is 2. The molecule has 1 unspecified atom stereocenters. The molecule has 0 saturated carbocycles. The first-order chi connectivity index (χ1) is 9.35. The highest BCUT2D eigenvalue weighted by molar-refractivity contribution is 5.97. The van der Waals surface area contributed by atoms with Crippen LogP contribution < -0.4 is 5.32 Å². The number of hydrogen-bond donors (Lipinski definition) is 2. The molecule has 5 nitrogen and oxygen atoms in total. The van der Waals surface area contributed by atoms with Crippen molar-refractivity contribution in [3.8, 4) is 5.75 Å². The molecule has 0 aromatic heterocycles. The molecule has 110 valence electrons. The highest BCUT2D eigenvalue weighted by Gasteiger charge is 2.23. The molecule has 0 heterocycles. The number of hydrogen-bond acceptors (Lipinski definition) is 4. The van der Waals surface area contributed by atoms with Crippen molar-refractivity contribution >= 4 is 11.9 Å². The number of ether oxygens (including phenoxy) is 1. The van der Waals surface area contributed by atoms with Crippen LogP contribution in [-0.2, 0) is 9.53 Å². The Balaban J connectivity index is 2.84. The second-order valence-corrected chi connectivity index (χ2v) is 5.18. The van der Waals surface area contributed by atoms with Gasteiger partial charge in [-0.3, -0.25) is 4.79 Å². The molecule has 0 aliphatic carbocycles. The van der Waals surface area contributed by atoms with Crippen LogP contribution in [0.1, 0.15) is 36.2 Å². The smallest absolute Gasteiger partial charge is 0.328 e. The third-order valence-corrected chi connectivity index (χ3v) is 2.96. The topological polar surface area (TPSA) is 75.6 Å². The van der Waals surface area contributed by atoms with Gasteiger partial charge in [0.2, 0.25) is 0 Å². The van der Waals surface area contributed by atoms with Crippen LogP contribution in [0, 0.1) is 12.8 Å². The number of methoxy groups -OCH3 is 1. The van der Waals surface area contributed by atoms with Gasteiger partial charge in [0.15, 0.2) is 0 Å². The first-order valence-corrected chi connectivity index (χ1v) is 6.53. The van der Waals surface area contributed by atoms with Gasteiger partial charge in [-0.1, -0.05) is 13.8 Å². The van der Waals surface area contributed by atoms with Crippen LogP contribution in [0.3, 0.4) is 0 Å². The Labute approximate surface area is 118 Å². The van der Waals surface area contributed by atoms with Gasteiger partial charge < -0.3 is 15.2 Å². The molecule has 1 rings (SSSR count). The fourth-order valence-electron chi connectivity index (χ4n) is 1.87. The Hall–Kier alpha value is -2.04. The summed E-state index contributed by atoms with van der Waals surface area (Å²) in [7, 11) is 1.30. The standard InChI is InChI=1S/C15H21NO4/c1-9(2)7-12(15(19)20-4)16-14(18)11-5-6-13(17)10(3)8-11/h5-6,8-9,12,17H,7H2,1-4H3,(H,16,18). The van der Waals surface area contributed by atoms with E-state index in [1.165, 1.54) is 19.2 Å². The average molecular weight is 279 g/mol. The van der Waals surface area contributed by atoms with Crippen molar-refractivity contribution in [3.63, 3.8) is 0 Å². The van der Waals surface area contributed by atoms with Crippen molar-refractivity contribution in [3.05, 3.63) is 29.3 Å². The van der Waals surface area contributed by atoms with Crippen LogP contribution in [0.25, 0.3) is 0 Å². The molecule has 0 aliphatic rings. The summed E-state index contributed by atoms with van der Waals surface area (Å²) in [4.78, 5) is 23.8. The molecule has 0 fully saturated rings. The van der Waals surface area contributed by atoms with E-state index in [0.29, 0.717) is 17.5 Å². The number of aromatic hydroxyl groups is 1. The summed E-state index contributed by atoms with van der Waals surface area (Å²) in [6.45, 7) is 5.64. The molecular formula is C15H21NO4. The zero-order valence-electron chi connectivity index (χ0n) is 12.3. The molecule has 1 aromatic carbocycles. The average Bonchev–Trinajstić information content (AvgIpc) is 2.39. The predicted octanol–water partition coefficient (Wildman–Crippen LogP) is 2.02. The van der Waals surface area contributed by atoms with E-state index in [1.807, 2.05) is 13.8 Å². The quantitative estimate of drug-likeness (QED) is 0.808. The number of nitrogens with one attached hydrogen (secondary N) is 1. The lowest BCUT2D eigenvalue weighted by atomic mass is 10.0. The molecule has 0 spiro atoms. The van der Waals surface area contributed by atoms with E-state index in [4.69, 9.17) is 4.74 Å².